The molecule has 2 aromatic rings. The second-order valence-electron chi connectivity index (χ2n) is 6.89. The van der Waals surface area contributed by atoms with Gasteiger partial charge in [0.2, 0.25) is 0 Å². The summed E-state index contributed by atoms with van der Waals surface area (Å²) >= 11 is 1.27. The third kappa shape index (κ3) is 5.35. The first-order valence-electron chi connectivity index (χ1n) is 8.57. The highest BCUT2D eigenvalue weighted by Gasteiger charge is 2.31. The Kier molecular flexibility index (Phi) is 5.59. The van der Waals surface area contributed by atoms with Crippen LogP contribution in [0.1, 0.15) is 30.8 Å². The van der Waals surface area contributed by atoms with Crippen LogP contribution in [-0.4, -0.2) is 35.2 Å². The van der Waals surface area contributed by atoms with Crippen LogP contribution >= 0.6 is 11.3 Å². The second kappa shape index (κ2) is 7.75. The molecule has 1 aromatic heterocycles. The monoisotopic (exact) mass is 399 g/mol. The number of ether oxygens (including phenoxy) is 1. The number of piperidine rings is 1. The van der Waals surface area contributed by atoms with Crippen LogP contribution in [-0.2, 0) is 0 Å². The van der Waals surface area contributed by atoms with E-state index < -0.39 is 6.36 Å². The van der Waals surface area contributed by atoms with Crippen molar-refractivity contribution in [3.8, 4) is 5.75 Å². The number of aromatic nitrogens is 1. The summed E-state index contributed by atoms with van der Waals surface area (Å²) in [6.45, 7) is 5.72. The Morgan fingerprint density at radius 3 is 2.44 bits per heavy atom. The molecule has 27 heavy (non-hydrogen) atoms. The third-order valence-electron chi connectivity index (χ3n) is 4.22. The van der Waals surface area contributed by atoms with E-state index >= 15 is 0 Å². The third-order valence-corrected chi connectivity index (χ3v) is 4.98. The standard InChI is InChI=1S/C18H20F3N3O2S/c1-11-7-12(2)9-24(8-11)16(25)15-10-27-17(23-15)22-13-3-5-14(6-4-13)26-18(19,20)21/h3-6,10-12H,7-9H2,1-2H3,(H,22,23). The van der Waals surface area contributed by atoms with E-state index in [-0.39, 0.29) is 11.7 Å². The van der Waals surface area contributed by atoms with E-state index in [0.717, 1.165) is 19.5 Å². The minimum atomic E-state index is -4.72. The maximum atomic E-state index is 12.7. The van der Waals surface area contributed by atoms with Crippen LogP contribution in [0.3, 0.4) is 0 Å². The number of nitrogens with zero attached hydrogens (tertiary/aromatic N) is 2. The molecule has 0 spiro atoms. The number of thiazole rings is 1. The number of anilines is 2. The Morgan fingerprint density at radius 2 is 1.85 bits per heavy atom. The molecule has 0 bridgehead atoms. The van der Waals surface area contributed by atoms with Crippen LogP contribution in [0.2, 0.25) is 0 Å². The van der Waals surface area contributed by atoms with Crippen LogP contribution in [0.15, 0.2) is 29.6 Å². The van der Waals surface area contributed by atoms with Crippen molar-refractivity contribution in [2.45, 2.75) is 26.6 Å². The normalized spacial score (nSPS) is 20.4. The lowest BCUT2D eigenvalue weighted by Crippen LogP contribution is -2.42. The number of carbonyl (C=O) groups excluding carboxylic acids is 1. The number of rotatable bonds is 4. The van der Waals surface area contributed by atoms with Crippen molar-refractivity contribution in [3.05, 3.63) is 35.3 Å². The Hall–Kier alpha value is -2.29. The van der Waals surface area contributed by atoms with Crippen LogP contribution in [0, 0.1) is 11.8 Å². The number of carbonyl (C=O) groups is 1. The number of alkyl halides is 3. The van der Waals surface area contributed by atoms with Gasteiger partial charge in [-0.25, -0.2) is 4.98 Å². The van der Waals surface area contributed by atoms with E-state index in [1.165, 1.54) is 35.6 Å². The molecule has 0 aliphatic carbocycles. The molecule has 9 heteroatoms. The second-order valence-corrected chi connectivity index (χ2v) is 7.75. The number of benzene rings is 1. The zero-order valence-electron chi connectivity index (χ0n) is 14.9. The predicted molar refractivity (Wildman–Crippen MR) is 97.4 cm³/mol. The van der Waals surface area contributed by atoms with E-state index in [4.69, 9.17) is 0 Å². The fourth-order valence-electron chi connectivity index (χ4n) is 3.28. The maximum Gasteiger partial charge on any atom is 0.573 e. The van der Waals surface area contributed by atoms with E-state index in [1.54, 1.807) is 5.38 Å². The highest BCUT2D eigenvalue weighted by molar-refractivity contribution is 7.14. The minimum Gasteiger partial charge on any atom is -0.406 e. The lowest BCUT2D eigenvalue weighted by molar-refractivity contribution is -0.274. The van der Waals surface area contributed by atoms with Gasteiger partial charge >= 0.3 is 6.36 Å². The molecule has 2 heterocycles. The zero-order chi connectivity index (χ0) is 19.6. The minimum absolute atomic E-state index is 0.0911. The molecule has 1 amide bonds. The Bertz CT molecular complexity index is 782. The summed E-state index contributed by atoms with van der Waals surface area (Å²) in [6.07, 6.45) is -3.61. The van der Waals surface area contributed by atoms with Gasteiger partial charge in [0, 0.05) is 24.2 Å². The number of hydrogen-bond acceptors (Lipinski definition) is 5. The molecule has 1 aliphatic heterocycles. The van der Waals surface area contributed by atoms with Gasteiger partial charge in [-0.2, -0.15) is 0 Å². The zero-order valence-corrected chi connectivity index (χ0v) is 15.7. The molecular formula is C18H20F3N3O2S. The van der Waals surface area contributed by atoms with Gasteiger partial charge in [0.25, 0.3) is 5.91 Å². The van der Waals surface area contributed by atoms with Gasteiger partial charge in [-0.05, 0) is 42.5 Å². The van der Waals surface area contributed by atoms with E-state index in [1.807, 2.05) is 4.90 Å². The molecule has 1 saturated heterocycles. The van der Waals surface area contributed by atoms with Crippen LogP contribution in [0.5, 0.6) is 5.75 Å². The van der Waals surface area contributed by atoms with Crippen molar-refractivity contribution in [3.63, 3.8) is 0 Å². The van der Waals surface area contributed by atoms with Gasteiger partial charge in [0.1, 0.15) is 11.4 Å². The van der Waals surface area contributed by atoms with E-state index in [9.17, 15) is 18.0 Å². The summed E-state index contributed by atoms with van der Waals surface area (Å²) in [5.74, 6) is 0.542. The van der Waals surface area contributed by atoms with Crippen LogP contribution in [0.4, 0.5) is 24.0 Å². The Morgan fingerprint density at radius 1 is 1.22 bits per heavy atom. The van der Waals surface area contributed by atoms with Gasteiger partial charge in [-0.1, -0.05) is 13.8 Å². The molecule has 2 unspecified atom stereocenters. The van der Waals surface area contributed by atoms with Crippen LogP contribution < -0.4 is 10.1 Å². The van der Waals surface area contributed by atoms with Gasteiger partial charge in [0.15, 0.2) is 5.13 Å². The van der Waals surface area contributed by atoms with E-state index in [2.05, 4.69) is 28.9 Å². The van der Waals surface area contributed by atoms with Gasteiger partial charge in [0.05, 0.1) is 0 Å². The molecular weight excluding hydrogens is 379 g/mol. The van der Waals surface area contributed by atoms with Crippen molar-refractivity contribution < 1.29 is 22.7 Å². The highest BCUT2D eigenvalue weighted by atomic mass is 32.1. The van der Waals surface area contributed by atoms with E-state index in [0.29, 0.717) is 28.3 Å². The summed E-state index contributed by atoms with van der Waals surface area (Å²) in [5, 5.41) is 5.18. The molecule has 146 valence electrons. The lowest BCUT2D eigenvalue weighted by atomic mass is 9.92. The first-order chi connectivity index (χ1) is 12.7. The van der Waals surface area contributed by atoms with Gasteiger partial charge < -0.3 is 15.0 Å². The average molecular weight is 399 g/mol. The van der Waals surface area contributed by atoms with Crippen molar-refractivity contribution >= 4 is 28.1 Å². The smallest absolute Gasteiger partial charge is 0.406 e. The molecule has 1 N–H and O–H groups in total. The number of hydrogen-bond donors (Lipinski definition) is 1. The van der Waals surface area contributed by atoms with Crippen molar-refractivity contribution in [1.29, 1.82) is 0 Å². The molecule has 0 radical (unpaired) electrons. The summed E-state index contributed by atoms with van der Waals surface area (Å²) in [6, 6.07) is 5.34. The summed E-state index contributed by atoms with van der Waals surface area (Å²) in [7, 11) is 0. The molecule has 2 atom stereocenters. The van der Waals surface area contributed by atoms with Crippen molar-refractivity contribution in [1.82, 2.24) is 9.88 Å². The fourth-order valence-corrected chi connectivity index (χ4v) is 3.99. The lowest BCUT2D eigenvalue weighted by Gasteiger charge is -2.34. The number of nitrogens with one attached hydrogen (secondary N) is 1. The van der Waals surface area contributed by atoms with Gasteiger partial charge in [-0.3, -0.25) is 4.79 Å². The SMILES string of the molecule is CC1CC(C)CN(C(=O)c2csc(Nc3ccc(OC(F)(F)F)cc3)n2)C1. The predicted octanol–water partition coefficient (Wildman–Crippen LogP) is 4.90. The molecule has 0 saturated carbocycles. The van der Waals surface area contributed by atoms with Crippen molar-refractivity contribution in [2.24, 2.45) is 11.8 Å². The highest BCUT2D eigenvalue weighted by Crippen LogP contribution is 2.27. The Labute approximate surface area is 159 Å². The molecule has 3 rings (SSSR count). The van der Waals surface area contributed by atoms with Crippen LogP contribution in [0.25, 0.3) is 0 Å². The molecule has 5 nitrogen and oxygen atoms in total. The number of halogens is 3. The molecule has 1 fully saturated rings. The maximum absolute atomic E-state index is 12.7. The number of likely N-dealkylation sites (tertiary alicyclic amines) is 1. The summed E-state index contributed by atoms with van der Waals surface area (Å²) < 4.78 is 40.4. The van der Waals surface area contributed by atoms with Crippen molar-refractivity contribution in [2.75, 3.05) is 18.4 Å². The topological polar surface area (TPSA) is 54.5 Å². The van der Waals surface area contributed by atoms with Gasteiger partial charge in [-0.15, -0.1) is 24.5 Å². The first-order valence-corrected chi connectivity index (χ1v) is 9.45. The summed E-state index contributed by atoms with van der Waals surface area (Å²) in [5.41, 5.74) is 0.930. The first kappa shape index (κ1) is 19.5. The quantitative estimate of drug-likeness (QED) is 0.794. The molecule has 1 aliphatic rings. The molecule has 1 aromatic carbocycles. The fraction of sp³-hybridized carbons (Fsp3) is 0.444. The number of amides is 1. The Balaban J connectivity index is 1.63. The summed E-state index contributed by atoms with van der Waals surface area (Å²) in [4.78, 5) is 18.8. The average Bonchev–Trinajstić information content (AvgIpc) is 3.02. The largest absolute Gasteiger partial charge is 0.573 e.